The second-order valence-corrected chi connectivity index (χ2v) is 24.2. The summed E-state index contributed by atoms with van der Waals surface area (Å²) in [6, 6.07) is 49.2. The topological polar surface area (TPSA) is 44.5 Å². The van der Waals surface area contributed by atoms with Crippen molar-refractivity contribution in [3.63, 3.8) is 0 Å². The first-order chi connectivity index (χ1) is 31.1. The summed E-state index contributed by atoms with van der Waals surface area (Å²) in [5.41, 5.74) is 9.52. The third-order valence-electron chi connectivity index (χ3n) is 11.0. The lowest BCUT2D eigenvalue weighted by Gasteiger charge is -2.04. The smallest absolute Gasteiger partial charge is 0.0745 e. The van der Waals surface area contributed by atoms with E-state index in [-0.39, 0.29) is 0 Å². The summed E-state index contributed by atoms with van der Waals surface area (Å²) in [6.45, 7) is 0. The molecule has 13 heterocycles. The van der Waals surface area contributed by atoms with Gasteiger partial charge < -0.3 is 9.97 Å². The van der Waals surface area contributed by atoms with Gasteiger partial charge in [0.2, 0.25) is 0 Å². The molecule has 0 unspecified atom stereocenters. The van der Waals surface area contributed by atoms with E-state index in [1.54, 1.807) is 34.0 Å². The summed E-state index contributed by atoms with van der Waals surface area (Å²) in [7, 11) is 0. The fraction of sp³-hybridized carbons (Fsp3) is 0. The second kappa shape index (κ2) is 15.8. The highest BCUT2D eigenvalue weighted by molar-refractivity contribution is 7.28. The molecule has 0 aromatic carbocycles. The average Bonchev–Trinajstić information content (AvgIpc) is 4.14. The van der Waals surface area contributed by atoms with Crippen molar-refractivity contribution < 1.29 is 0 Å². The quantitative estimate of drug-likeness (QED) is 0.149. The zero-order valence-electron chi connectivity index (χ0n) is 32.7. The molecule has 0 aliphatic carbocycles. The molecule has 0 radical (unpaired) electrons. The van der Waals surface area contributed by atoms with Gasteiger partial charge >= 0.3 is 0 Å². The van der Waals surface area contributed by atoms with Crippen LogP contribution in [0.5, 0.6) is 0 Å². The van der Waals surface area contributed by atoms with Crippen LogP contribution in [-0.4, -0.2) is 15.0 Å². The van der Waals surface area contributed by atoms with Gasteiger partial charge in [0.05, 0.1) is 11.4 Å². The molecule has 0 spiro atoms. The Labute approximate surface area is 398 Å². The molecule has 1 aliphatic heterocycles. The summed E-state index contributed by atoms with van der Waals surface area (Å²) >= 11 is 16.5. The maximum Gasteiger partial charge on any atom is 0.0745 e. The third-order valence-corrected chi connectivity index (χ3v) is 21.3. The van der Waals surface area contributed by atoms with Crippen LogP contribution in [-0.2, 0) is 0 Å². The highest BCUT2D eigenvalue weighted by atomic mass is 32.1. The molecule has 12 heteroatoms. The van der Waals surface area contributed by atoms with Crippen LogP contribution >= 0.6 is 102 Å². The minimum Gasteiger partial charge on any atom is -0.354 e. The van der Waals surface area contributed by atoms with E-state index in [0.29, 0.717) is 0 Å². The monoisotopic (exact) mass is 971 g/mol. The number of nitrogens with zero attached hydrogens (tertiary/aromatic N) is 1. The molecule has 0 amide bonds. The van der Waals surface area contributed by atoms with Crippen molar-refractivity contribution in [2.24, 2.45) is 0 Å². The average molecular weight is 972 g/mol. The Bertz CT molecular complexity index is 3510. The number of nitrogens with one attached hydrogen (secondary N) is 2. The molecule has 0 fully saturated rings. The van der Waals surface area contributed by atoms with Crippen LogP contribution in [0, 0.1) is 0 Å². The van der Waals surface area contributed by atoms with Crippen molar-refractivity contribution in [1.29, 1.82) is 0 Å². The fourth-order valence-corrected chi connectivity index (χ4v) is 17.1. The van der Waals surface area contributed by atoms with Gasteiger partial charge in [0, 0.05) is 112 Å². The van der Waals surface area contributed by atoms with E-state index in [9.17, 15) is 0 Å². The van der Waals surface area contributed by atoms with Gasteiger partial charge in [-0.05, 0) is 144 Å². The second-order valence-electron chi connectivity index (χ2n) is 14.8. The van der Waals surface area contributed by atoms with E-state index in [1.807, 2.05) is 68.0 Å². The molecule has 13 rings (SSSR count). The molecule has 0 saturated heterocycles. The van der Waals surface area contributed by atoms with Gasteiger partial charge in [-0.1, -0.05) is 18.2 Å². The highest BCUT2D eigenvalue weighted by Crippen LogP contribution is 2.48. The van der Waals surface area contributed by atoms with Gasteiger partial charge in [0.15, 0.2) is 0 Å². The van der Waals surface area contributed by atoms with Gasteiger partial charge in [-0.3, -0.25) is 0 Å². The first-order valence-corrected chi connectivity index (χ1v) is 27.6. The normalized spacial score (nSPS) is 12.1. The van der Waals surface area contributed by atoms with Crippen molar-refractivity contribution in [2.75, 3.05) is 0 Å². The number of H-pyrrole nitrogens is 2. The zero-order valence-corrected chi connectivity index (χ0v) is 40.1. The maximum absolute atomic E-state index is 5.50. The molecule has 6 bridgehead atoms. The molecule has 1 aliphatic rings. The maximum atomic E-state index is 5.50. The van der Waals surface area contributed by atoms with Gasteiger partial charge in [-0.2, -0.15) is 0 Å². The Morgan fingerprint density at radius 2 is 0.540 bits per heavy atom. The molecule has 0 saturated carbocycles. The zero-order chi connectivity index (χ0) is 41.4. The van der Waals surface area contributed by atoms with E-state index >= 15 is 0 Å². The first kappa shape index (κ1) is 38.2. The van der Waals surface area contributed by atoms with Gasteiger partial charge in [0.25, 0.3) is 0 Å². The van der Waals surface area contributed by atoms with E-state index in [2.05, 4.69) is 172 Å². The fourth-order valence-electron chi connectivity index (χ4n) is 8.10. The van der Waals surface area contributed by atoms with Crippen LogP contribution in [0.15, 0.2) is 150 Å². The largest absolute Gasteiger partial charge is 0.354 e. The minimum absolute atomic E-state index is 0.955. The van der Waals surface area contributed by atoms with Crippen molar-refractivity contribution in [3.05, 3.63) is 161 Å². The Morgan fingerprint density at radius 3 is 0.857 bits per heavy atom. The SMILES string of the molecule is C1=Cc2nc1c(-c1ccc(-c3ccc(-c4cccs4)s3)s1)c1ccc([nH]1)c(-c1ccc(-c3ccc(-c4cccs4)s3)s1)c1ccc([nH]1)c2-c1ccc(-c2ccc(-c3cccs3)s2)s1. The number of aromatic amines is 2. The van der Waals surface area contributed by atoms with Crippen LogP contribution in [0.3, 0.4) is 0 Å². The molecular weight excluding hydrogens is 943 g/mol. The van der Waals surface area contributed by atoms with Crippen molar-refractivity contribution in [3.8, 4) is 89.8 Å². The van der Waals surface area contributed by atoms with E-state index < -0.39 is 0 Å². The molecule has 12 aromatic rings. The predicted octanol–water partition coefficient (Wildman–Crippen LogP) is 19.2. The minimum atomic E-state index is 0.955. The molecule has 0 atom stereocenters. The van der Waals surface area contributed by atoms with Gasteiger partial charge in [-0.25, -0.2) is 4.98 Å². The Balaban J connectivity index is 0.992. The van der Waals surface area contributed by atoms with Crippen molar-refractivity contribution in [2.45, 2.75) is 0 Å². The Kier molecular flexibility index (Phi) is 9.57. The van der Waals surface area contributed by atoms with Crippen molar-refractivity contribution in [1.82, 2.24) is 15.0 Å². The first-order valence-electron chi connectivity index (χ1n) is 20.0. The van der Waals surface area contributed by atoms with Crippen LogP contribution in [0.1, 0.15) is 11.4 Å². The summed E-state index contributed by atoms with van der Waals surface area (Å²) in [4.78, 5) is 32.4. The lowest BCUT2D eigenvalue weighted by atomic mass is 10.1. The number of fused-ring (bicyclic) bond motifs is 6. The summed E-state index contributed by atoms with van der Waals surface area (Å²) in [5, 5.41) is 6.45. The van der Waals surface area contributed by atoms with Crippen LogP contribution in [0.2, 0.25) is 0 Å². The number of rotatable bonds is 9. The lowest BCUT2D eigenvalue weighted by molar-refractivity contribution is 1.32. The van der Waals surface area contributed by atoms with Crippen LogP contribution in [0.4, 0.5) is 0 Å². The van der Waals surface area contributed by atoms with E-state index in [1.165, 1.54) is 73.2 Å². The Morgan fingerprint density at radius 1 is 0.270 bits per heavy atom. The molecule has 12 aromatic heterocycles. The number of thiophene rings is 9. The number of hydrogen-bond acceptors (Lipinski definition) is 10. The predicted molar refractivity (Wildman–Crippen MR) is 284 cm³/mol. The van der Waals surface area contributed by atoms with Gasteiger partial charge in [0.1, 0.15) is 0 Å². The van der Waals surface area contributed by atoms with E-state index in [4.69, 9.17) is 4.98 Å². The van der Waals surface area contributed by atoms with Crippen LogP contribution in [0.25, 0.3) is 124 Å². The molecule has 2 N–H and O–H groups in total. The Hall–Kier alpha value is -5.25. The highest BCUT2D eigenvalue weighted by Gasteiger charge is 2.21. The lowest BCUT2D eigenvalue weighted by Crippen LogP contribution is -1.86. The van der Waals surface area contributed by atoms with E-state index in [0.717, 1.165) is 50.1 Å². The molecule has 302 valence electrons. The van der Waals surface area contributed by atoms with Gasteiger partial charge in [-0.15, -0.1) is 102 Å². The third kappa shape index (κ3) is 6.92. The molecular formula is C51H29N3S9. The standard InChI is InChI=1S/C51H29N3S9/c1-4-34(55-25-1)37-13-16-40(58-37)43-19-22-46(61-43)49-28-7-9-30(52-28)50(47-23-20-44(62-47)41-17-14-38(59-41)35-5-2-26-56-35)32-11-12-33(54-32)51(31-10-8-29(49)53-31)48-24-21-45(63-48)42-18-15-39(60-42)36-6-3-27-57-36/h1-27,52-53H. The summed E-state index contributed by atoms with van der Waals surface area (Å²) < 4.78 is 0. The number of hydrogen-bond donors (Lipinski definition) is 2. The summed E-state index contributed by atoms with van der Waals surface area (Å²) in [6.07, 6.45) is 4.41. The summed E-state index contributed by atoms with van der Waals surface area (Å²) in [5.74, 6) is 0. The molecule has 3 nitrogen and oxygen atoms in total. The van der Waals surface area contributed by atoms with Crippen molar-refractivity contribution >= 4 is 136 Å². The molecule has 63 heavy (non-hydrogen) atoms. The van der Waals surface area contributed by atoms with Crippen LogP contribution < -0.4 is 0 Å². The number of aromatic nitrogens is 3.